The number of hydrogen-bond donors (Lipinski definition) is 2. The highest BCUT2D eigenvalue weighted by Gasteiger charge is 1.93. The van der Waals surface area contributed by atoms with E-state index in [-0.39, 0.29) is 0 Å². The summed E-state index contributed by atoms with van der Waals surface area (Å²) in [4.78, 5) is 0. The fourth-order valence-corrected chi connectivity index (χ4v) is 3.21. The summed E-state index contributed by atoms with van der Waals surface area (Å²) in [5.74, 6) is 3.26. The Hall–Kier alpha value is 0.920. The van der Waals surface area contributed by atoms with E-state index in [1.54, 1.807) is 0 Å². The Bertz CT molecular complexity index is 101. The topological polar surface area (TPSA) is 0 Å². The minimum absolute atomic E-state index is 0.421. The maximum atomic E-state index is 4.34. The Morgan fingerprint density at radius 1 is 1.33 bits per heavy atom. The number of rotatable bonds is 3. The van der Waals surface area contributed by atoms with E-state index < -0.39 is 0 Å². The third-order valence-electron chi connectivity index (χ3n) is 1.17. The van der Waals surface area contributed by atoms with Crippen molar-refractivity contribution < 1.29 is 0 Å². The zero-order chi connectivity index (χ0) is 7.28. The lowest BCUT2D eigenvalue weighted by molar-refractivity contribution is 1.46. The van der Waals surface area contributed by atoms with E-state index in [0.29, 0.717) is 10.5 Å². The van der Waals surface area contributed by atoms with Gasteiger partial charge in [-0.3, -0.25) is 0 Å². The van der Waals surface area contributed by atoms with Gasteiger partial charge < -0.3 is 0 Å². The zero-order valence-corrected chi connectivity index (χ0v) is 8.53. The van der Waals surface area contributed by atoms with Crippen molar-refractivity contribution in [2.24, 2.45) is 0 Å². The molecule has 0 radical (unpaired) electrons. The van der Waals surface area contributed by atoms with Crippen LogP contribution in [0.25, 0.3) is 0 Å². The largest absolute Gasteiger partial charge is 0.176 e. The average molecular weight is 182 g/mol. The first-order valence-electron chi connectivity index (χ1n) is 3.09. The minimum Gasteiger partial charge on any atom is -0.176 e. The van der Waals surface area contributed by atoms with Crippen molar-refractivity contribution in [2.45, 2.75) is 13.8 Å². The Morgan fingerprint density at radius 3 is 1.89 bits per heavy atom. The van der Waals surface area contributed by atoms with Crippen molar-refractivity contribution in [3.63, 3.8) is 0 Å². The van der Waals surface area contributed by atoms with Gasteiger partial charge in [0.1, 0.15) is 0 Å². The van der Waals surface area contributed by atoms with Gasteiger partial charge in [0.15, 0.2) is 0 Å². The molecule has 0 rings (SSSR count). The van der Waals surface area contributed by atoms with Crippen LogP contribution in [-0.4, -0.2) is 21.5 Å². The van der Waals surface area contributed by atoms with Crippen molar-refractivity contribution >= 4 is 39.9 Å². The Balaban J connectivity index is 4.01. The number of hydrogen-bond acceptors (Lipinski definition) is 1. The molecule has 0 saturated heterocycles. The molecule has 0 atom stereocenters. The van der Waals surface area contributed by atoms with Crippen molar-refractivity contribution in [2.75, 3.05) is 17.3 Å². The maximum Gasteiger partial charge on any atom is 0.0264 e. The molecule has 0 N–H and O–H groups in total. The van der Waals surface area contributed by atoms with Gasteiger partial charge in [0, 0.05) is 9.95 Å². The van der Waals surface area contributed by atoms with E-state index in [1.165, 1.54) is 15.7 Å². The van der Waals surface area contributed by atoms with Gasteiger partial charge in [0.2, 0.25) is 0 Å². The molecule has 0 aliphatic carbocycles. The van der Waals surface area contributed by atoms with E-state index in [1.807, 2.05) is 0 Å². The summed E-state index contributed by atoms with van der Waals surface area (Å²) in [6, 6.07) is 0. The lowest BCUT2D eigenvalue weighted by atomic mass is 10.9. The van der Waals surface area contributed by atoms with Crippen LogP contribution in [0.2, 0.25) is 0 Å². The highest BCUT2D eigenvalue weighted by atomic mass is 32.2. The fourth-order valence-electron chi connectivity index (χ4n) is 0.629. The SMILES string of the molecule is CCS(CC)=C(S)CS. The Labute approximate surface area is 71.2 Å². The van der Waals surface area contributed by atoms with Crippen molar-refractivity contribution in [1.29, 1.82) is 0 Å². The average Bonchev–Trinajstić information content (AvgIpc) is 1.90. The second kappa shape index (κ2) is 5.69. The van der Waals surface area contributed by atoms with Gasteiger partial charge in [-0.25, -0.2) is 0 Å². The smallest absolute Gasteiger partial charge is 0.0264 e. The molecule has 0 aromatic heterocycles. The Kier molecular flexibility index (Phi) is 6.27. The van der Waals surface area contributed by atoms with Gasteiger partial charge in [-0.15, -0.1) is 12.6 Å². The van der Waals surface area contributed by atoms with Crippen molar-refractivity contribution in [1.82, 2.24) is 0 Å². The van der Waals surface area contributed by atoms with E-state index >= 15 is 0 Å². The number of thiol groups is 2. The first-order valence-corrected chi connectivity index (χ1v) is 5.73. The second-order valence-corrected chi connectivity index (χ2v) is 5.41. The maximum absolute atomic E-state index is 4.34. The Morgan fingerprint density at radius 2 is 1.78 bits per heavy atom. The first kappa shape index (κ1) is 9.92. The molecule has 0 aromatic carbocycles. The summed E-state index contributed by atoms with van der Waals surface area (Å²) in [5, 5.41) is 0. The quantitative estimate of drug-likeness (QED) is 0.485. The van der Waals surface area contributed by atoms with Crippen LogP contribution < -0.4 is 0 Å². The second-order valence-electron chi connectivity index (χ2n) is 1.62. The van der Waals surface area contributed by atoms with Gasteiger partial charge in [-0.05, 0) is 11.5 Å². The standard InChI is InChI=1S/C6H14S3/c1-3-9(4-2)6(8)5-7/h7-8H,3-5H2,1-2H3. The molecular formula is C6H14S3. The molecule has 0 amide bonds. The molecule has 0 nitrogen and oxygen atoms in total. The molecule has 3 heteroatoms. The summed E-state index contributed by atoms with van der Waals surface area (Å²) in [6.07, 6.45) is 0. The molecule has 0 unspecified atom stereocenters. The van der Waals surface area contributed by atoms with Gasteiger partial charge in [0.05, 0.1) is 0 Å². The molecule has 56 valence electrons. The molecule has 0 spiro atoms. The van der Waals surface area contributed by atoms with Crippen LogP contribution >= 0.6 is 35.7 Å². The van der Waals surface area contributed by atoms with E-state index in [9.17, 15) is 0 Å². The van der Waals surface area contributed by atoms with Gasteiger partial charge in [-0.2, -0.15) is 23.1 Å². The summed E-state index contributed by atoms with van der Waals surface area (Å²) >= 11 is 8.49. The van der Waals surface area contributed by atoms with Crippen molar-refractivity contribution in [3.05, 3.63) is 0 Å². The van der Waals surface area contributed by atoms with Gasteiger partial charge in [-0.1, -0.05) is 13.8 Å². The van der Waals surface area contributed by atoms with Gasteiger partial charge >= 0.3 is 0 Å². The summed E-state index contributed by atoms with van der Waals surface area (Å²) in [5.41, 5.74) is 0. The normalized spacial score (nSPS) is 10.3. The van der Waals surface area contributed by atoms with E-state index in [0.717, 1.165) is 5.75 Å². The lowest BCUT2D eigenvalue weighted by Crippen LogP contribution is -1.93. The van der Waals surface area contributed by atoms with Crippen LogP contribution in [0.1, 0.15) is 13.8 Å². The minimum atomic E-state index is 0.421. The molecule has 0 fully saturated rings. The van der Waals surface area contributed by atoms with Crippen LogP contribution in [0, 0.1) is 0 Å². The van der Waals surface area contributed by atoms with Crippen molar-refractivity contribution in [3.8, 4) is 0 Å². The van der Waals surface area contributed by atoms with Crippen LogP contribution in [-0.2, 0) is 0 Å². The van der Waals surface area contributed by atoms with Crippen LogP contribution in [0.4, 0.5) is 0 Å². The molecular weight excluding hydrogens is 168 g/mol. The predicted molar refractivity (Wildman–Crippen MR) is 56.5 cm³/mol. The molecule has 0 aromatic rings. The van der Waals surface area contributed by atoms with E-state index in [4.69, 9.17) is 0 Å². The van der Waals surface area contributed by atoms with Crippen LogP contribution in [0.15, 0.2) is 0 Å². The third kappa shape index (κ3) is 3.58. The molecule has 9 heavy (non-hydrogen) atoms. The molecule has 0 saturated carbocycles. The van der Waals surface area contributed by atoms with Gasteiger partial charge in [0.25, 0.3) is 0 Å². The predicted octanol–water partition coefficient (Wildman–Crippen LogP) is 2.28. The molecule has 0 bridgehead atoms. The van der Waals surface area contributed by atoms with Crippen LogP contribution in [0.3, 0.4) is 0 Å². The monoisotopic (exact) mass is 182 g/mol. The van der Waals surface area contributed by atoms with Crippen LogP contribution in [0.5, 0.6) is 0 Å². The highest BCUT2D eigenvalue weighted by Crippen LogP contribution is 2.16. The zero-order valence-electron chi connectivity index (χ0n) is 5.92. The first-order chi connectivity index (χ1) is 4.26. The fraction of sp³-hybridized carbons (Fsp3) is 0.833. The summed E-state index contributed by atoms with van der Waals surface area (Å²) in [7, 11) is 0.421. The summed E-state index contributed by atoms with van der Waals surface area (Å²) < 4.78 is 1.25. The third-order valence-corrected chi connectivity index (χ3v) is 5.08. The molecule has 0 heterocycles. The highest BCUT2D eigenvalue weighted by molar-refractivity contribution is 8.28. The summed E-state index contributed by atoms with van der Waals surface area (Å²) in [6.45, 7) is 4.40. The van der Waals surface area contributed by atoms with E-state index in [2.05, 4.69) is 39.1 Å². The molecule has 0 aliphatic heterocycles. The molecule has 0 aliphatic rings. The lowest BCUT2D eigenvalue weighted by Gasteiger charge is -2.05.